The maximum Gasteiger partial charge on any atom is 0.272 e. The lowest BCUT2D eigenvalue weighted by atomic mass is 10.3. The largest absolute Gasteiger partial charge is 0.397 e. The van der Waals surface area contributed by atoms with Crippen LogP contribution >= 0.6 is 0 Å². The van der Waals surface area contributed by atoms with Crippen molar-refractivity contribution < 1.29 is 9.59 Å². The van der Waals surface area contributed by atoms with Gasteiger partial charge in [-0.3, -0.25) is 14.3 Å². The van der Waals surface area contributed by atoms with E-state index in [4.69, 9.17) is 5.73 Å². The molecular formula is C12H16N6O2. The summed E-state index contributed by atoms with van der Waals surface area (Å²) in [5.74, 6) is -0.454. The van der Waals surface area contributed by atoms with Gasteiger partial charge in [-0.1, -0.05) is 0 Å². The molecule has 2 aromatic rings. The molecule has 0 spiro atoms. The fourth-order valence-corrected chi connectivity index (χ4v) is 1.75. The molecule has 0 unspecified atom stereocenters. The van der Waals surface area contributed by atoms with Crippen LogP contribution in [0.3, 0.4) is 0 Å². The molecular weight excluding hydrogens is 260 g/mol. The first-order chi connectivity index (χ1) is 9.49. The van der Waals surface area contributed by atoms with E-state index in [2.05, 4.69) is 15.7 Å². The highest BCUT2D eigenvalue weighted by atomic mass is 16.2. The quantitative estimate of drug-likeness (QED) is 0.719. The lowest BCUT2D eigenvalue weighted by Crippen LogP contribution is -2.23. The highest BCUT2D eigenvalue weighted by Crippen LogP contribution is 2.12. The van der Waals surface area contributed by atoms with Gasteiger partial charge in [-0.05, 0) is 6.07 Å². The second kappa shape index (κ2) is 5.47. The topological polar surface area (TPSA) is 107 Å². The summed E-state index contributed by atoms with van der Waals surface area (Å²) in [6.07, 6.45) is 4.72. The summed E-state index contributed by atoms with van der Waals surface area (Å²) in [6, 6.07) is 1.59. The Morgan fingerprint density at radius 2 is 2.15 bits per heavy atom. The van der Waals surface area contributed by atoms with Crippen molar-refractivity contribution in [2.24, 2.45) is 7.05 Å². The van der Waals surface area contributed by atoms with Gasteiger partial charge in [0.15, 0.2) is 0 Å². The SMILES string of the molecule is CNC(=O)Cn1cc(NC(=O)c2cc(N)cn2C)cn1. The molecule has 2 rings (SSSR count). The van der Waals surface area contributed by atoms with Gasteiger partial charge in [0.1, 0.15) is 12.2 Å². The fraction of sp³-hybridized carbons (Fsp3) is 0.250. The predicted molar refractivity (Wildman–Crippen MR) is 74.1 cm³/mol. The summed E-state index contributed by atoms with van der Waals surface area (Å²) < 4.78 is 3.08. The summed E-state index contributed by atoms with van der Waals surface area (Å²) in [4.78, 5) is 23.2. The Hall–Kier alpha value is -2.77. The van der Waals surface area contributed by atoms with Crippen LogP contribution in [0.4, 0.5) is 11.4 Å². The van der Waals surface area contributed by atoms with Gasteiger partial charge in [-0.25, -0.2) is 0 Å². The number of aryl methyl sites for hydroxylation is 1. The predicted octanol–water partition coefficient (Wildman–Crippen LogP) is -0.198. The Balaban J connectivity index is 2.05. The van der Waals surface area contributed by atoms with Crippen LogP contribution in [0.1, 0.15) is 10.5 Å². The van der Waals surface area contributed by atoms with Crippen LogP contribution < -0.4 is 16.4 Å². The van der Waals surface area contributed by atoms with Crippen LogP contribution in [0, 0.1) is 0 Å². The number of anilines is 2. The highest BCUT2D eigenvalue weighted by Gasteiger charge is 2.12. The monoisotopic (exact) mass is 276 g/mol. The molecule has 0 aliphatic carbocycles. The van der Waals surface area contributed by atoms with Crippen LogP contribution in [0.15, 0.2) is 24.7 Å². The van der Waals surface area contributed by atoms with Gasteiger partial charge in [-0.15, -0.1) is 0 Å². The van der Waals surface area contributed by atoms with E-state index in [0.29, 0.717) is 17.1 Å². The number of nitrogens with two attached hydrogens (primary N) is 1. The third-order valence-corrected chi connectivity index (χ3v) is 2.73. The molecule has 0 atom stereocenters. The first kappa shape index (κ1) is 13.7. The molecule has 8 nitrogen and oxygen atoms in total. The van der Waals surface area contributed by atoms with E-state index < -0.39 is 0 Å². The average molecular weight is 276 g/mol. The second-order valence-electron chi connectivity index (χ2n) is 4.32. The molecule has 2 heterocycles. The Morgan fingerprint density at radius 1 is 1.40 bits per heavy atom. The van der Waals surface area contributed by atoms with E-state index in [1.165, 1.54) is 10.9 Å². The van der Waals surface area contributed by atoms with Crippen molar-refractivity contribution in [2.45, 2.75) is 6.54 Å². The van der Waals surface area contributed by atoms with E-state index in [9.17, 15) is 9.59 Å². The number of amides is 2. The number of rotatable bonds is 4. The van der Waals surface area contributed by atoms with Gasteiger partial charge in [0.05, 0.1) is 17.6 Å². The van der Waals surface area contributed by atoms with Gasteiger partial charge < -0.3 is 20.9 Å². The first-order valence-electron chi connectivity index (χ1n) is 5.96. The minimum atomic E-state index is -0.288. The van der Waals surface area contributed by atoms with Gasteiger partial charge in [0.25, 0.3) is 5.91 Å². The summed E-state index contributed by atoms with van der Waals surface area (Å²) in [7, 11) is 3.29. The van der Waals surface area contributed by atoms with Crippen LogP contribution in [0.5, 0.6) is 0 Å². The number of hydrogen-bond donors (Lipinski definition) is 3. The third kappa shape index (κ3) is 2.97. The Bertz CT molecular complexity index is 642. The molecule has 0 saturated heterocycles. The number of hydrogen-bond acceptors (Lipinski definition) is 4. The van der Waals surface area contributed by atoms with E-state index in [0.717, 1.165) is 0 Å². The number of likely N-dealkylation sites (N-methyl/N-ethyl adjacent to an activating group) is 1. The van der Waals surface area contributed by atoms with Crippen molar-refractivity contribution in [1.82, 2.24) is 19.7 Å². The molecule has 4 N–H and O–H groups in total. The summed E-state index contributed by atoms with van der Waals surface area (Å²) in [6.45, 7) is 0.101. The van der Waals surface area contributed by atoms with Crippen molar-refractivity contribution in [2.75, 3.05) is 18.1 Å². The number of nitrogen functional groups attached to an aromatic ring is 1. The van der Waals surface area contributed by atoms with E-state index in [1.807, 2.05) is 0 Å². The molecule has 0 bridgehead atoms. The maximum absolute atomic E-state index is 12.0. The minimum absolute atomic E-state index is 0.101. The van der Waals surface area contributed by atoms with Crippen molar-refractivity contribution in [3.63, 3.8) is 0 Å². The van der Waals surface area contributed by atoms with Gasteiger partial charge in [0.2, 0.25) is 5.91 Å². The second-order valence-corrected chi connectivity index (χ2v) is 4.32. The number of nitrogens with one attached hydrogen (secondary N) is 2. The highest BCUT2D eigenvalue weighted by molar-refractivity contribution is 6.03. The molecule has 8 heteroatoms. The Morgan fingerprint density at radius 3 is 2.75 bits per heavy atom. The molecule has 0 aromatic carbocycles. The zero-order chi connectivity index (χ0) is 14.7. The van der Waals surface area contributed by atoms with Gasteiger partial charge in [-0.2, -0.15) is 5.10 Å². The number of nitrogens with zero attached hydrogens (tertiary/aromatic N) is 3. The molecule has 0 fully saturated rings. The average Bonchev–Trinajstić information content (AvgIpc) is 2.95. The third-order valence-electron chi connectivity index (χ3n) is 2.73. The van der Waals surface area contributed by atoms with E-state index in [1.54, 1.807) is 37.1 Å². The Labute approximate surface area is 115 Å². The van der Waals surface area contributed by atoms with E-state index in [-0.39, 0.29) is 18.4 Å². The number of carbonyl (C=O) groups excluding carboxylic acids is 2. The van der Waals surface area contributed by atoms with Crippen molar-refractivity contribution >= 4 is 23.2 Å². The van der Waals surface area contributed by atoms with E-state index >= 15 is 0 Å². The molecule has 0 aliphatic heterocycles. The zero-order valence-corrected chi connectivity index (χ0v) is 11.3. The molecule has 20 heavy (non-hydrogen) atoms. The van der Waals surface area contributed by atoms with Crippen LogP contribution in [-0.2, 0) is 18.4 Å². The fourth-order valence-electron chi connectivity index (χ4n) is 1.75. The maximum atomic E-state index is 12.0. The molecule has 0 aliphatic rings. The molecule has 0 radical (unpaired) electrons. The van der Waals surface area contributed by atoms with Gasteiger partial charge in [0, 0.05) is 26.5 Å². The van der Waals surface area contributed by atoms with Crippen molar-refractivity contribution in [1.29, 1.82) is 0 Å². The lowest BCUT2D eigenvalue weighted by molar-refractivity contribution is -0.121. The van der Waals surface area contributed by atoms with Crippen LogP contribution in [0.2, 0.25) is 0 Å². The standard InChI is InChI=1S/C12H16N6O2/c1-14-11(19)7-18-6-9(4-15-18)16-12(20)10-3-8(13)5-17(10)2/h3-6H,7,13H2,1-2H3,(H,14,19)(H,16,20). The van der Waals surface area contributed by atoms with Crippen molar-refractivity contribution in [3.8, 4) is 0 Å². The summed E-state index contributed by atoms with van der Waals surface area (Å²) >= 11 is 0. The molecule has 0 saturated carbocycles. The van der Waals surface area contributed by atoms with Gasteiger partial charge >= 0.3 is 0 Å². The minimum Gasteiger partial charge on any atom is -0.397 e. The zero-order valence-electron chi connectivity index (χ0n) is 11.3. The lowest BCUT2D eigenvalue weighted by Gasteiger charge is -2.03. The molecule has 2 amide bonds. The van der Waals surface area contributed by atoms with Crippen LogP contribution in [0.25, 0.3) is 0 Å². The summed E-state index contributed by atoms with van der Waals surface area (Å²) in [5.41, 5.74) is 7.10. The first-order valence-corrected chi connectivity index (χ1v) is 5.96. The Kier molecular flexibility index (Phi) is 3.74. The molecule has 106 valence electrons. The summed E-state index contributed by atoms with van der Waals surface area (Å²) in [5, 5.41) is 9.18. The van der Waals surface area contributed by atoms with Crippen LogP contribution in [-0.4, -0.2) is 33.2 Å². The number of carbonyl (C=O) groups is 2. The normalized spacial score (nSPS) is 10.3. The smallest absolute Gasteiger partial charge is 0.272 e. The molecule has 2 aromatic heterocycles. The van der Waals surface area contributed by atoms with Crippen molar-refractivity contribution in [3.05, 3.63) is 30.4 Å². The number of aromatic nitrogens is 3.